The number of carbonyl (C=O) groups excluding carboxylic acids is 1. The fraction of sp³-hybridized carbons (Fsp3) is 0.536. The van der Waals surface area contributed by atoms with Crippen molar-refractivity contribution in [1.29, 1.82) is 0 Å². The van der Waals surface area contributed by atoms with Gasteiger partial charge in [-0.15, -0.1) is 0 Å². The molecule has 0 N–H and O–H groups in total. The second-order valence-electron chi connectivity index (χ2n) is 10.8. The van der Waals surface area contributed by atoms with E-state index in [9.17, 15) is 4.79 Å². The Bertz CT molecular complexity index is 1270. The number of rotatable bonds is 5. The standard InChI is InChI=1S/C28H36N6O2/c1-19-12-23-13-22(24-14-29-31(3)16-24)4-5-26(23)33(15-19)28-25-17-32(20(2)35)9-7-27(25)34(30-28)10-6-21-8-11-36-18-21/h4-5,13-14,16,19,21H,6-12,15,17-18H2,1-3H3/t19-,21+/m1/s1. The van der Waals surface area contributed by atoms with Crippen molar-refractivity contribution < 1.29 is 9.53 Å². The molecule has 2 aromatic heterocycles. The molecule has 0 spiro atoms. The van der Waals surface area contributed by atoms with Gasteiger partial charge in [-0.25, -0.2) is 0 Å². The molecule has 0 radical (unpaired) electrons. The molecule has 6 rings (SSSR count). The molecular weight excluding hydrogens is 452 g/mol. The fourth-order valence-corrected chi connectivity index (χ4v) is 6.07. The average molecular weight is 489 g/mol. The van der Waals surface area contributed by atoms with Gasteiger partial charge < -0.3 is 14.5 Å². The lowest BCUT2D eigenvalue weighted by atomic mass is 9.91. The number of aryl methyl sites for hydroxylation is 2. The summed E-state index contributed by atoms with van der Waals surface area (Å²) in [5, 5.41) is 9.59. The number of aromatic nitrogens is 4. The van der Waals surface area contributed by atoms with E-state index in [0.29, 0.717) is 18.4 Å². The van der Waals surface area contributed by atoms with E-state index in [2.05, 4.69) is 46.0 Å². The van der Waals surface area contributed by atoms with Crippen LogP contribution in [0.1, 0.15) is 43.5 Å². The van der Waals surface area contributed by atoms with Crippen molar-refractivity contribution >= 4 is 17.4 Å². The van der Waals surface area contributed by atoms with Crippen LogP contribution in [0.15, 0.2) is 30.6 Å². The van der Waals surface area contributed by atoms with E-state index in [1.165, 1.54) is 28.1 Å². The molecule has 0 unspecified atom stereocenters. The van der Waals surface area contributed by atoms with Crippen molar-refractivity contribution in [2.45, 2.75) is 52.6 Å². The molecular formula is C28H36N6O2. The van der Waals surface area contributed by atoms with Crippen LogP contribution in [0.4, 0.5) is 11.5 Å². The molecule has 1 aromatic carbocycles. The van der Waals surface area contributed by atoms with Crippen LogP contribution in [0.3, 0.4) is 0 Å². The smallest absolute Gasteiger partial charge is 0.219 e. The fourth-order valence-electron chi connectivity index (χ4n) is 6.07. The average Bonchev–Trinajstić information content (AvgIpc) is 3.61. The summed E-state index contributed by atoms with van der Waals surface area (Å²) < 4.78 is 9.69. The lowest BCUT2D eigenvalue weighted by Gasteiger charge is -2.35. The van der Waals surface area contributed by atoms with E-state index in [4.69, 9.17) is 9.84 Å². The van der Waals surface area contributed by atoms with Crippen molar-refractivity contribution in [3.63, 3.8) is 0 Å². The van der Waals surface area contributed by atoms with E-state index in [0.717, 1.165) is 69.9 Å². The topological polar surface area (TPSA) is 68.4 Å². The molecule has 3 aromatic rings. The van der Waals surface area contributed by atoms with E-state index < -0.39 is 0 Å². The highest BCUT2D eigenvalue weighted by atomic mass is 16.5. The van der Waals surface area contributed by atoms with Gasteiger partial charge in [-0.05, 0) is 54.4 Å². The first-order valence-electron chi connectivity index (χ1n) is 13.3. The Morgan fingerprint density at radius 2 is 2.14 bits per heavy atom. The number of nitrogens with zero attached hydrogens (tertiary/aromatic N) is 6. The maximum Gasteiger partial charge on any atom is 0.219 e. The predicted molar refractivity (Wildman–Crippen MR) is 139 cm³/mol. The number of ether oxygens (including phenoxy) is 1. The monoisotopic (exact) mass is 488 g/mol. The third-order valence-electron chi connectivity index (χ3n) is 8.06. The van der Waals surface area contributed by atoms with Crippen LogP contribution in [0.5, 0.6) is 0 Å². The Labute approximate surface area is 212 Å². The third kappa shape index (κ3) is 4.32. The number of hydrogen-bond donors (Lipinski definition) is 0. The van der Waals surface area contributed by atoms with Gasteiger partial charge in [0.15, 0.2) is 5.82 Å². The van der Waals surface area contributed by atoms with Gasteiger partial charge in [0.25, 0.3) is 0 Å². The van der Waals surface area contributed by atoms with Gasteiger partial charge in [0.1, 0.15) is 0 Å². The minimum atomic E-state index is 0.135. The van der Waals surface area contributed by atoms with Gasteiger partial charge in [-0.1, -0.05) is 13.0 Å². The SMILES string of the molecule is CC(=O)N1CCc2c(c(N3C[C@H](C)Cc4cc(-c5cnn(C)c5)ccc43)nn2CC[C@H]2CCOC2)C1. The Morgan fingerprint density at radius 1 is 1.25 bits per heavy atom. The van der Waals surface area contributed by atoms with Gasteiger partial charge in [0.2, 0.25) is 5.91 Å². The largest absolute Gasteiger partial charge is 0.381 e. The van der Waals surface area contributed by atoms with Gasteiger partial charge in [-0.2, -0.15) is 10.2 Å². The molecule has 1 amide bonds. The number of carbonyl (C=O) groups is 1. The number of benzene rings is 1. The number of anilines is 2. The van der Waals surface area contributed by atoms with Crippen LogP contribution in [0, 0.1) is 11.8 Å². The first-order valence-corrected chi connectivity index (χ1v) is 13.3. The number of amides is 1. The van der Waals surface area contributed by atoms with Crippen LogP contribution < -0.4 is 4.90 Å². The van der Waals surface area contributed by atoms with E-state index in [1.807, 2.05) is 22.8 Å². The maximum absolute atomic E-state index is 12.3. The molecule has 0 saturated carbocycles. The molecule has 2 atom stereocenters. The molecule has 8 heteroatoms. The van der Waals surface area contributed by atoms with Crippen molar-refractivity contribution in [2.24, 2.45) is 18.9 Å². The summed E-state index contributed by atoms with van der Waals surface area (Å²) in [6.07, 6.45) is 8.13. The molecule has 8 nitrogen and oxygen atoms in total. The Kier molecular flexibility index (Phi) is 6.07. The minimum absolute atomic E-state index is 0.135. The first-order chi connectivity index (χ1) is 17.5. The second-order valence-corrected chi connectivity index (χ2v) is 10.8. The zero-order valence-electron chi connectivity index (χ0n) is 21.6. The highest BCUT2D eigenvalue weighted by Crippen LogP contribution is 2.40. The highest BCUT2D eigenvalue weighted by molar-refractivity contribution is 5.76. The number of hydrogen-bond acceptors (Lipinski definition) is 5. The predicted octanol–water partition coefficient (Wildman–Crippen LogP) is 3.95. The van der Waals surface area contributed by atoms with Gasteiger partial charge >= 0.3 is 0 Å². The molecule has 3 aliphatic heterocycles. The van der Waals surface area contributed by atoms with Crippen molar-refractivity contribution in [1.82, 2.24) is 24.5 Å². The molecule has 0 aliphatic carbocycles. The van der Waals surface area contributed by atoms with Gasteiger partial charge in [0, 0.05) is 81.9 Å². The summed E-state index contributed by atoms with van der Waals surface area (Å²) in [6.45, 7) is 8.98. The van der Waals surface area contributed by atoms with Crippen molar-refractivity contribution in [3.05, 3.63) is 47.4 Å². The van der Waals surface area contributed by atoms with Crippen molar-refractivity contribution in [2.75, 3.05) is 31.2 Å². The maximum atomic E-state index is 12.3. The summed E-state index contributed by atoms with van der Waals surface area (Å²) in [5.74, 6) is 2.29. The van der Waals surface area contributed by atoms with E-state index in [1.54, 1.807) is 6.92 Å². The Hall–Kier alpha value is -3.13. The molecule has 36 heavy (non-hydrogen) atoms. The summed E-state index contributed by atoms with van der Waals surface area (Å²) >= 11 is 0. The van der Waals surface area contributed by atoms with Gasteiger partial charge in [-0.3, -0.25) is 14.2 Å². The molecule has 190 valence electrons. The first kappa shape index (κ1) is 23.3. The summed E-state index contributed by atoms with van der Waals surface area (Å²) in [5.41, 5.74) is 7.44. The van der Waals surface area contributed by atoms with Crippen LogP contribution >= 0.6 is 0 Å². The molecule has 0 bridgehead atoms. The summed E-state index contributed by atoms with van der Waals surface area (Å²) in [7, 11) is 1.95. The molecule has 3 aliphatic rings. The number of fused-ring (bicyclic) bond motifs is 2. The van der Waals surface area contributed by atoms with E-state index >= 15 is 0 Å². The lowest BCUT2D eigenvalue weighted by Crippen LogP contribution is -2.36. The normalized spacial score (nSPS) is 21.5. The molecule has 1 saturated heterocycles. The Balaban J connectivity index is 1.37. The van der Waals surface area contributed by atoms with Crippen LogP contribution in [0.25, 0.3) is 11.1 Å². The van der Waals surface area contributed by atoms with Crippen LogP contribution in [0.2, 0.25) is 0 Å². The van der Waals surface area contributed by atoms with Crippen LogP contribution in [-0.4, -0.2) is 56.7 Å². The quantitative estimate of drug-likeness (QED) is 0.544. The molecule has 5 heterocycles. The zero-order chi connectivity index (χ0) is 24.8. The Morgan fingerprint density at radius 3 is 2.89 bits per heavy atom. The summed E-state index contributed by atoms with van der Waals surface area (Å²) in [4.78, 5) is 16.7. The minimum Gasteiger partial charge on any atom is -0.381 e. The lowest BCUT2D eigenvalue weighted by molar-refractivity contribution is -0.129. The summed E-state index contributed by atoms with van der Waals surface area (Å²) in [6, 6.07) is 6.76. The van der Waals surface area contributed by atoms with E-state index in [-0.39, 0.29) is 5.91 Å². The van der Waals surface area contributed by atoms with Crippen LogP contribution in [-0.2, 0) is 42.5 Å². The molecule has 1 fully saturated rings. The van der Waals surface area contributed by atoms with Gasteiger partial charge in [0.05, 0.1) is 12.7 Å². The third-order valence-corrected chi connectivity index (χ3v) is 8.06. The zero-order valence-corrected chi connectivity index (χ0v) is 21.6. The van der Waals surface area contributed by atoms with Crippen molar-refractivity contribution in [3.8, 4) is 11.1 Å². The second kappa shape index (κ2) is 9.39. The highest BCUT2D eigenvalue weighted by Gasteiger charge is 2.32.